The van der Waals surface area contributed by atoms with Gasteiger partial charge in [0.1, 0.15) is 5.75 Å². The molecule has 0 saturated heterocycles. The fourth-order valence-corrected chi connectivity index (χ4v) is 2.79. The lowest BCUT2D eigenvalue weighted by Crippen LogP contribution is -1.92. The lowest BCUT2D eigenvalue weighted by atomic mass is 10.2. The van der Waals surface area contributed by atoms with Crippen molar-refractivity contribution in [3.05, 3.63) is 30.5 Å². The first-order valence-corrected chi connectivity index (χ1v) is 7.18. The predicted octanol–water partition coefficient (Wildman–Crippen LogP) is 2.51. The van der Waals surface area contributed by atoms with E-state index in [0.717, 1.165) is 17.2 Å². The Morgan fingerprint density at radius 1 is 1.19 bits per heavy atom. The molecule has 0 amide bonds. The predicted molar refractivity (Wildman–Crippen MR) is 73.0 cm³/mol. The second kappa shape index (κ2) is 3.82. The molecule has 1 aromatic carbocycles. The normalized spacial score (nSPS) is 13.2. The summed E-state index contributed by atoms with van der Waals surface area (Å²) in [5, 5.41) is 9.21. The highest BCUT2D eigenvalue weighted by atomic mass is 127. The summed E-state index contributed by atoms with van der Waals surface area (Å²) in [6.45, 7) is 0. The minimum absolute atomic E-state index is 0.0700. The Hall–Kier alpha value is -1.50. The van der Waals surface area contributed by atoms with Crippen LogP contribution in [0.25, 0.3) is 11.3 Å². The number of hydrogen-bond donors (Lipinski definition) is 1. The molecule has 0 aliphatic carbocycles. The highest BCUT2D eigenvalue weighted by molar-refractivity contribution is 14.2. The van der Waals surface area contributed by atoms with Crippen LogP contribution in [0.2, 0.25) is 0 Å². The number of fused-ring (bicyclic) bond motifs is 1. The molecule has 1 N–H and O–H groups in total. The number of aromatic hydroxyl groups is 1. The van der Waals surface area contributed by atoms with E-state index >= 15 is 0 Å². The third kappa shape index (κ3) is 1.67. The maximum atomic E-state index is 9.21. The van der Waals surface area contributed by atoms with E-state index in [9.17, 15) is 5.11 Å². The standard InChI is InChI=1S/C11H8IN3O/c16-9-3-1-8(2-4-9)10-5-15-7-12-6-13-11(15)14-10/h1-7,16H. The molecular formula is C11H8IN3O. The number of nitrogens with zero attached hydrogens (tertiary/aromatic N) is 3. The topological polar surface area (TPSA) is 50.4 Å². The van der Waals surface area contributed by atoms with Crippen LogP contribution >= 0.6 is 20.7 Å². The highest BCUT2D eigenvalue weighted by Gasteiger charge is 2.08. The van der Waals surface area contributed by atoms with Gasteiger partial charge in [-0.05, 0) is 24.3 Å². The van der Waals surface area contributed by atoms with Crippen LogP contribution in [0.15, 0.2) is 35.5 Å². The average Bonchev–Trinajstić information content (AvgIpc) is 2.73. The van der Waals surface area contributed by atoms with Crippen LogP contribution < -0.4 is 0 Å². The molecular weight excluding hydrogens is 317 g/mol. The Labute approximate surface area is 102 Å². The van der Waals surface area contributed by atoms with Crippen LogP contribution in [0, 0.1) is 0 Å². The highest BCUT2D eigenvalue weighted by Crippen LogP contribution is 2.25. The molecule has 2 heterocycles. The zero-order chi connectivity index (χ0) is 11.0. The van der Waals surface area contributed by atoms with Gasteiger partial charge in [0.25, 0.3) is 0 Å². The number of aliphatic imine (C=N–C) groups is 1. The van der Waals surface area contributed by atoms with Gasteiger partial charge in [0.05, 0.1) is 9.92 Å². The molecule has 0 fully saturated rings. The maximum Gasteiger partial charge on any atom is 0.235 e. The summed E-state index contributed by atoms with van der Waals surface area (Å²) in [6.07, 6.45) is 1.97. The zero-order valence-corrected chi connectivity index (χ0v) is 10.4. The minimum Gasteiger partial charge on any atom is -0.508 e. The van der Waals surface area contributed by atoms with Crippen LogP contribution in [0.5, 0.6) is 5.75 Å². The first kappa shape index (κ1) is 9.71. The molecule has 0 saturated carbocycles. The summed E-state index contributed by atoms with van der Waals surface area (Å²) in [6, 6.07) is 7.02. The monoisotopic (exact) mass is 325 g/mol. The van der Waals surface area contributed by atoms with Gasteiger partial charge in [-0.15, -0.1) is 0 Å². The fraction of sp³-hybridized carbons (Fsp3) is 0. The van der Waals surface area contributed by atoms with Crippen LogP contribution in [0.4, 0.5) is 5.95 Å². The molecule has 0 spiro atoms. The number of rotatable bonds is 1. The summed E-state index contributed by atoms with van der Waals surface area (Å²) >= 11 is -0.0700. The third-order valence-electron chi connectivity index (χ3n) is 2.26. The lowest BCUT2D eigenvalue weighted by Gasteiger charge is -1.96. The summed E-state index contributed by atoms with van der Waals surface area (Å²) in [5.41, 5.74) is 1.87. The molecule has 3 rings (SSSR count). The van der Waals surface area contributed by atoms with Crippen molar-refractivity contribution < 1.29 is 5.11 Å². The van der Waals surface area contributed by atoms with E-state index in [0.29, 0.717) is 0 Å². The number of hydrogen-bond acceptors (Lipinski definition) is 3. The number of phenols is 1. The Morgan fingerprint density at radius 3 is 2.75 bits per heavy atom. The van der Waals surface area contributed by atoms with Crippen molar-refractivity contribution in [1.82, 2.24) is 9.55 Å². The van der Waals surface area contributed by atoms with Gasteiger partial charge in [-0.2, -0.15) is 0 Å². The SMILES string of the molecule is Oc1ccc(-c2cn3c(n2)N=CI=C3)cc1. The van der Waals surface area contributed by atoms with Crippen LogP contribution in [0.3, 0.4) is 0 Å². The van der Waals surface area contributed by atoms with Gasteiger partial charge in [-0.25, -0.2) is 9.98 Å². The molecule has 2 aromatic rings. The van der Waals surface area contributed by atoms with Crippen molar-refractivity contribution in [2.45, 2.75) is 0 Å². The smallest absolute Gasteiger partial charge is 0.235 e. The van der Waals surface area contributed by atoms with Crippen molar-refractivity contribution in [1.29, 1.82) is 0 Å². The molecule has 5 heteroatoms. The number of imidazole rings is 1. The number of aromatic nitrogens is 2. The first-order chi connectivity index (χ1) is 7.83. The molecule has 1 aromatic heterocycles. The first-order valence-electron chi connectivity index (χ1n) is 4.69. The lowest BCUT2D eigenvalue weighted by molar-refractivity contribution is 0.475. The van der Waals surface area contributed by atoms with E-state index in [1.807, 2.05) is 27.1 Å². The van der Waals surface area contributed by atoms with Gasteiger partial charge < -0.3 is 5.11 Å². The van der Waals surface area contributed by atoms with E-state index in [-0.39, 0.29) is 26.5 Å². The Kier molecular flexibility index (Phi) is 2.32. The van der Waals surface area contributed by atoms with E-state index in [1.165, 1.54) is 0 Å². The molecule has 80 valence electrons. The Morgan fingerprint density at radius 2 is 2.00 bits per heavy atom. The molecule has 1 aliphatic heterocycles. The molecule has 0 radical (unpaired) electrons. The van der Waals surface area contributed by atoms with Crippen molar-refractivity contribution in [3.63, 3.8) is 0 Å². The number of phenolic OH excluding ortho intramolecular Hbond substituents is 1. The van der Waals surface area contributed by atoms with Crippen LogP contribution in [0.1, 0.15) is 0 Å². The zero-order valence-electron chi connectivity index (χ0n) is 8.21. The molecule has 4 nitrogen and oxygen atoms in total. The summed E-state index contributed by atoms with van der Waals surface area (Å²) in [4.78, 5) is 8.67. The van der Waals surface area contributed by atoms with Gasteiger partial charge >= 0.3 is 0 Å². The largest absolute Gasteiger partial charge is 0.508 e. The van der Waals surface area contributed by atoms with Gasteiger partial charge in [0, 0.05) is 15.9 Å². The van der Waals surface area contributed by atoms with Crippen molar-refractivity contribution >= 4 is 35.0 Å². The molecule has 0 unspecified atom stereocenters. The van der Waals surface area contributed by atoms with E-state index in [2.05, 4.69) is 14.1 Å². The Bertz CT molecular complexity index is 554. The Balaban J connectivity index is 2.07. The fourth-order valence-electron chi connectivity index (χ4n) is 1.48. The van der Waals surface area contributed by atoms with E-state index in [4.69, 9.17) is 0 Å². The van der Waals surface area contributed by atoms with Gasteiger partial charge in [-0.1, -0.05) is 20.7 Å². The van der Waals surface area contributed by atoms with Gasteiger partial charge in [0.15, 0.2) is 0 Å². The minimum atomic E-state index is -0.0700. The second-order valence-electron chi connectivity index (χ2n) is 3.33. The van der Waals surface area contributed by atoms with Crippen LogP contribution in [-0.4, -0.2) is 23.0 Å². The molecule has 0 bridgehead atoms. The van der Waals surface area contributed by atoms with Crippen molar-refractivity contribution in [2.24, 2.45) is 4.99 Å². The molecule has 1 aliphatic rings. The summed E-state index contributed by atoms with van der Waals surface area (Å²) in [7, 11) is 0. The maximum absolute atomic E-state index is 9.21. The van der Waals surface area contributed by atoms with E-state index in [1.54, 1.807) is 12.1 Å². The number of benzene rings is 1. The third-order valence-corrected chi connectivity index (χ3v) is 3.78. The second-order valence-corrected chi connectivity index (χ2v) is 5.16. The quantitative estimate of drug-likeness (QED) is 0.819. The van der Waals surface area contributed by atoms with Gasteiger partial charge in [0.2, 0.25) is 5.95 Å². The van der Waals surface area contributed by atoms with Crippen LogP contribution in [-0.2, 0) is 0 Å². The van der Waals surface area contributed by atoms with Crippen molar-refractivity contribution in [3.8, 4) is 17.0 Å². The molecule has 16 heavy (non-hydrogen) atoms. The average molecular weight is 325 g/mol. The van der Waals surface area contributed by atoms with Crippen molar-refractivity contribution in [2.75, 3.05) is 0 Å². The molecule has 0 atom stereocenters. The van der Waals surface area contributed by atoms with E-state index < -0.39 is 0 Å². The number of halogens is 1. The van der Waals surface area contributed by atoms with Gasteiger partial charge in [-0.3, -0.25) is 4.57 Å². The summed E-state index contributed by atoms with van der Waals surface area (Å²) in [5.74, 6) is 0.997. The summed E-state index contributed by atoms with van der Waals surface area (Å²) < 4.78 is 6.05.